The number of anilines is 1. The number of aryl methyl sites for hydroxylation is 1. The fourth-order valence-corrected chi connectivity index (χ4v) is 1.82. The molecule has 0 saturated carbocycles. The monoisotopic (exact) mass is 273 g/mol. The van der Waals surface area contributed by atoms with Crippen LogP contribution in [-0.4, -0.2) is 15.7 Å². The molecule has 5 nitrogen and oxygen atoms in total. The van der Waals surface area contributed by atoms with E-state index in [1.807, 2.05) is 43.8 Å². The second kappa shape index (κ2) is 5.77. The Labute approximate surface area is 118 Å². The lowest BCUT2D eigenvalue weighted by Gasteiger charge is -2.08. The van der Waals surface area contributed by atoms with Gasteiger partial charge in [-0.05, 0) is 38.5 Å². The van der Waals surface area contributed by atoms with Gasteiger partial charge in [-0.1, -0.05) is 12.1 Å². The highest BCUT2D eigenvalue weighted by Crippen LogP contribution is 2.18. The summed E-state index contributed by atoms with van der Waals surface area (Å²) < 4.78 is 7.07. The van der Waals surface area contributed by atoms with E-state index in [-0.39, 0.29) is 12.6 Å². The number of ether oxygens (including phenoxy) is 1. The third kappa shape index (κ3) is 2.99. The van der Waals surface area contributed by atoms with Crippen molar-refractivity contribution in [2.75, 3.05) is 5.73 Å². The third-order valence-electron chi connectivity index (χ3n) is 3.09. The molecule has 0 radical (unpaired) electrons. The zero-order valence-electron chi connectivity index (χ0n) is 12.0. The number of rotatable bonds is 4. The Bertz CT molecular complexity index is 617. The average molecular weight is 273 g/mol. The van der Waals surface area contributed by atoms with E-state index in [1.165, 1.54) is 0 Å². The number of hydrogen-bond donors (Lipinski definition) is 1. The van der Waals surface area contributed by atoms with Gasteiger partial charge in [0.15, 0.2) is 0 Å². The molecule has 1 aromatic heterocycles. The van der Waals surface area contributed by atoms with Gasteiger partial charge >= 0.3 is 5.97 Å². The van der Waals surface area contributed by atoms with Crippen molar-refractivity contribution in [3.05, 3.63) is 47.3 Å². The van der Waals surface area contributed by atoms with Crippen LogP contribution >= 0.6 is 0 Å². The SMILES string of the molecule is Cc1cccc(C(=O)OCc2ccn(C(C)C)n2)c1N. The van der Waals surface area contributed by atoms with Crippen LogP contribution < -0.4 is 5.73 Å². The number of benzene rings is 1. The largest absolute Gasteiger partial charge is 0.455 e. The van der Waals surface area contributed by atoms with E-state index in [0.29, 0.717) is 11.3 Å². The van der Waals surface area contributed by atoms with E-state index in [9.17, 15) is 4.79 Å². The molecular formula is C15H19N3O2. The van der Waals surface area contributed by atoms with Gasteiger partial charge in [-0.3, -0.25) is 4.68 Å². The Balaban J connectivity index is 2.03. The van der Waals surface area contributed by atoms with Gasteiger partial charge < -0.3 is 10.5 Å². The minimum Gasteiger partial charge on any atom is -0.455 e. The number of nitrogens with zero attached hydrogens (tertiary/aromatic N) is 2. The fourth-order valence-electron chi connectivity index (χ4n) is 1.82. The Morgan fingerprint density at radius 2 is 2.15 bits per heavy atom. The van der Waals surface area contributed by atoms with Gasteiger partial charge in [-0.2, -0.15) is 5.10 Å². The molecule has 2 N–H and O–H groups in total. The van der Waals surface area contributed by atoms with Crippen LogP contribution in [0.15, 0.2) is 30.5 Å². The number of nitrogens with two attached hydrogens (primary N) is 1. The maximum absolute atomic E-state index is 12.0. The first-order valence-corrected chi connectivity index (χ1v) is 6.55. The summed E-state index contributed by atoms with van der Waals surface area (Å²) in [6.07, 6.45) is 1.87. The molecule has 0 saturated heterocycles. The Morgan fingerprint density at radius 3 is 2.80 bits per heavy atom. The number of aromatic nitrogens is 2. The first kappa shape index (κ1) is 14.1. The standard InChI is InChI=1S/C15H19N3O2/c1-10(2)18-8-7-12(17-18)9-20-15(19)13-6-4-5-11(3)14(13)16/h4-8,10H,9,16H2,1-3H3. The van der Waals surface area contributed by atoms with Gasteiger partial charge in [0.05, 0.1) is 11.3 Å². The fraction of sp³-hybridized carbons (Fsp3) is 0.333. The number of hydrogen-bond acceptors (Lipinski definition) is 4. The van der Waals surface area contributed by atoms with Crippen LogP contribution in [-0.2, 0) is 11.3 Å². The molecule has 20 heavy (non-hydrogen) atoms. The summed E-state index contributed by atoms with van der Waals surface area (Å²) in [4.78, 5) is 12.0. The van der Waals surface area contributed by atoms with Gasteiger partial charge in [0, 0.05) is 17.9 Å². The van der Waals surface area contributed by atoms with Crippen molar-refractivity contribution in [1.82, 2.24) is 9.78 Å². The second-order valence-corrected chi connectivity index (χ2v) is 4.99. The predicted molar refractivity (Wildman–Crippen MR) is 77.3 cm³/mol. The summed E-state index contributed by atoms with van der Waals surface area (Å²) in [5, 5.41) is 4.32. The summed E-state index contributed by atoms with van der Waals surface area (Å²) in [6.45, 7) is 6.08. The van der Waals surface area contributed by atoms with Crippen molar-refractivity contribution < 1.29 is 9.53 Å². The maximum Gasteiger partial charge on any atom is 0.340 e. The number of para-hydroxylation sites is 1. The molecule has 0 aliphatic carbocycles. The van der Waals surface area contributed by atoms with Crippen molar-refractivity contribution in [2.45, 2.75) is 33.4 Å². The Kier molecular flexibility index (Phi) is 4.08. The highest BCUT2D eigenvalue weighted by atomic mass is 16.5. The molecule has 0 aliphatic heterocycles. The van der Waals surface area contributed by atoms with Crippen LogP contribution in [0.25, 0.3) is 0 Å². The Hall–Kier alpha value is -2.30. The molecular weight excluding hydrogens is 254 g/mol. The van der Waals surface area contributed by atoms with E-state index in [2.05, 4.69) is 5.10 Å². The first-order valence-electron chi connectivity index (χ1n) is 6.55. The number of nitrogen functional groups attached to an aromatic ring is 1. The van der Waals surface area contributed by atoms with Crippen LogP contribution in [0.4, 0.5) is 5.69 Å². The van der Waals surface area contributed by atoms with Crippen molar-refractivity contribution in [1.29, 1.82) is 0 Å². The number of carbonyl (C=O) groups excluding carboxylic acids is 1. The van der Waals surface area contributed by atoms with Gasteiger partial charge in [-0.25, -0.2) is 4.79 Å². The molecule has 0 atom stereocenters. The van der Waals surface area contributed by atoms with Crippen molar-refractivity contribution in [3.8, 4) is 0 Å². The van der Waals surface area contributed by atoms with E-state index in [4.69, 9.17) is 10.5 Å². The lowest BCUT2D eigenvalue weighted by Crippen LogP contribution is -2.10. The van der Waals surface area contributed by atoms with Crippen LogP contribution in [0.5, 0.6) is 0 Å². The normalized spacial score (nSPS) is 10.8. The molecule has 0 spiro atoms. The average Bonchev–Trinajstić information content (AvgIpc) is 2.88. The molecule has 0 fully saturated rings. The lowest BCUT2D eigenvalue weighted by atomic mass is 10.1. The maximum atomic E-state index is 12.0. The minimum atomic E-state index is -0.426. The number of esters is 1. The van der Waals surface area contributed by atoms with Crippen molar-refractivity contribution in [3.63, 3.8) is 0 Å². The second-order valence-electron chi connectivity index (χ2n) is 4.99. The van der Waals surface area contributed by atoms with E-state index in [1.54, 1.807) is 12.1 Å². The molecule has 0 unspecified atom stereocenters. The molecule has 0 bridgehead atoms. The summed E-state index contributed by atoms with van der Waals surface area (Å²) in [6, 6.07) is 7.43. The smallest absolute Gasteiger partial charge is 0.340 e. The lowest BCUT2D eigenvalue weighted by molar-refractivity contribution is 0.0468. The van der Waals surface area contributed by atoms with Crippen LogP contribution in [0, 0.1) is 6.92 Å². The molecule has 1 aromatic carbocycles. The first-order chi connectivity index (χ1) is 9.49. The van der Waals surface area contributed by atoms with Gasteiger partial charge in [-0.15, -0.1) is 0 Å². The molecule has 0 aliphatic rings. The third-order valence-corrected chi connectivity index (χ3v) is 3.09. The summed E-state index contributed by atoms with van der Waals surface area (Å²) in [5.74, 6) is -0.426. The zero-order chi connectivity index (χ0) is 14.7. The number of carbonyl (C=O) groups is 1. The van der Waals surface area contributed by atoms with Crippen LogP contribution in [0.1, 0.15) is 41.5 Å². The van der Waals surface area contributed by atoms with E-state index in [0.717, 1.165) is 11.3 Å². The highest BCUT2D eigenvalue weighted by Gasteiger charge is 2.13. The summed E-state index contributed by atoms with van der Waals surface area (Å²) in [7, 11) is 0. The van der Waals surface area contributed by atoms with Crippen LogP contribution in [0.3, 0.4) is 0 Å². The van der Waals surface area contributed by atoms with Gasteiger partial charge in [0.1, 0.15) is 6.61 Å². The molecule has 2 rings (SSSR count). The summed E-state index contributed by atoms with van der Waals surface area (Å²) >= 11 is 0. The summed E-state index contributed by atoms with van der Waals surface area (Å²) in [5.41, 5.74) is 8.32. The van der Waals surface area contributed by atoms with Crippen molar-refractivity contribution in [2.24, 2.45) is 0 Å². The molecule has 1 heterocycles. The van der Waals surface area contributed by atoms with Gasteiger partial charge in [0.2, 0.25) is 0 Å². The molecule has 106 valence electrons. The minimum absolute atomic E-state index is 0.145. The zero-order valence-corrected chi connectivity index (χ0v) is 12.0. The highest BCUT2D eigenvalue weighted by molar-refractivity contribution is 5.95. The Morgan fingerprint density at radius 1 is 1.40 bits per heavy atom. The van der Waals surface area contributed by atoms with Gasteiger partial charge in [0.25, 0.3) is 0 Å². The van der Waals surface area contributed by atoms with E-state index >= 15 is 0 Å². The molecule has 0 amide bonds. The molecule has 2 aromatic rings. The van der Waals surface area contributed by atoms with Crippen molar-refractivity contribution >= 4 is 11.7 Å². The quantitative estimate of drug-likeness (QED) is 0.687. The topological polar surface area (TPSA) is 70.1 Å². The van der Waals surface area contributed by atoms with E-state index < -0.39 is 5.97 Å². The van der Waals surface area contributed by atoms with Crippen LogP contribution in [0.2, 0.25) is 0 Å². The molecule has 5 heteroatoms. The predicted octanol–water partition coefficient (Wildman–Crippen LogP) is 2.71.